The van der Waals surface area contributed by atoms with Crippen LogP contribution in [0.5, 0.6) is 0 Å². The first-order valence-corrected chi connectivity index (χ1v) is 2.73. The van der Waals surface area contributed by atoms with Crippen LogP contribution in [0, 0.1) is 5.53 Å². The number of hydrogen-bond acceptors (Lipinski definition) is 4. The molecule has 0 saturated carbocycles. The van der Waals surface area contributed by atoms with Gasteiger partial charge in [0.1, 0.15) is 5.16 Å². The van der Waals surface area contributed by atoms with E-state index in [2.05, 4.69) is 15.4 Å². The molecule has 0 radical (unpaired) electrons. The normalized spacial score (nSPS) is 24.6. The summed E-state index contributed by atoms with van der Waals surface area (Å²) in [5.74, 6) is 0. The summed E-state index contributed by atoms with van der Waals surface area (Å²) >= 11 is 5.44. The van der Waals surface area contributed by atoms with Crippen LogP contribution >= 0.6 is 11.6 Å². The van der Waals surface area contributed by atoms with Crippen molar-refractivity contribution in [3.05, 3.63) is 11.4 Å². The molecule has 1 aliphatic heterocycles. The van der Waals surface area contributed by atoms with Crippen molar-refractivity contribution in [3.63, 3.8) is 0 Å². The minimum absolute atomic E-state index is 0.340. The van der Waals surface area contributed by atoms with Crippen LogP contribution in [-0.2, 0) is 0 Å². The molecule has 0 aromatic carbocycles. The number of halogens is 1. The van der Waals surface area contributed by atoms with Gasteiger partial charge in [-0.2, -0.15) is 5.11 Å². The lowest BCUT2D eigenvalue weighted by molar-refractivity contribution is 0.710. The average molecular weight is 145 g/mol. The van der Waals surface area contributed by atoms with E-state index in [1.807, 2.05) is 0 Å². The van der Waals surface area contributed by atoms with E-state index >= 15 is 0 Å². The molecule has 1 unspecified atom stereocenters. The van der Waals surface area contributed by atoms with Crippen molar-refractivity contribution in [1.82, 2.24) is 5.32 Å². The third kappa shape index (κ3) is 1.50. The molecule has 0 aromatic heterocycles. The Morgan fingerprint density at radius 1 is 1.89 bits per heavy atom. The van der Waals surface area contributed by atoms with E-state index in [1.165, 1.54) is 12.4 Å². The molecule has 5 heteroatoms. The molecule has 2 N–H and O–H groups in total. The van der Waals surface area contributed by atoms with Crippen molar-refractivity contribution in [2.75, 3.05) is 0 Å². The largest absolute Gasteiger partial charge is 0.361 e. The molecule has 0 bridgehead atoms. The van der Waals surface area contributed by atoms with Crippen LogP contribution in [0.4, 0.5) is 0 Å². The van der Waals surface area contributed by atoms with E-state index in [4.69, 9.17) is 17.1 Å². The first kappa shape index (κ1) is 6.22. The second-order valence-electron chi connectivity index (χ2n) is 1.49. The molecule has 0 saturated heterocycles. The fraction of sp³-hybridized carbons (Fsp3) is 0.250. The molecule has 48 valence electrons. The maximum Gasteiger partial charge on any atom is 0.175 e. The Morgan fingerprint density at radius 3 is 3.11 bits per heavy atom. The zero-order valence-corrected chi connectivity index (χ0v) is 5.26. The lowest BCUT2D eigenvalue weighted by Gasteiger charge is -2.07. The van der Waals surface area contributed by atoms with Gasteiger partial charge in [0.2, 0.25) is 0 Å². The average Bonchev–Trinajstić information content (AvgIpc) is 1.90. The molecule has 0 aromatic rings. The number of hydrogen-bond donors (Lipinski definition) is 2. The number of rotatable bonds is 1. The van der Waals surface area contributed by atoms with Crippen molar-refractivity contribution < 1.29 is 0 Å². The van der Waals surface area contributed by atoms with E-state index in [-0.39, 0.29) is 6.17 Å². The highest BCUT2D eigenvalue weighted by atomic mass is 35.5. The molecule has 0 spiro atoms. The fourth-order valence-electron chi connectivity index (χ4n) is 0.447. The Morgan fingerprint density at radius 2 is 2.67 bits per heavy atom. The second-order valence-corrected chi connectivity index (χ2v) is 1.87. The summed E-state index contributed by atoms with van der Waals surface area (Å²) in [5, 5.41) is 6.27. The minimum Gasteiger partial charge on any atom is -0.361 e. The Kier molecular flexibility index (Phi) is 1.79. The molecule has 1 aliphatic rings. The second kappa shape index (κ2) is 2.59. The maximum absolute atomic E-state index is 6.56. The fourth-order valence-corrected chi connectivity index (χ4v) is 0.566. The van der Waals surface area contributed by atoms with Gasteiger partial charge in [0.25, 0.3) is 0 Å². The van der Waals surface area contributed by atoms with E-state index in [0.717, 1.165) is 0 Å². The zero-order valence-electron chi connectivity index (χ0n) is 4.50. The Bertz CT molecular complexity index is 173. The molecule has 0 aliphatic carbocycles. The quantitative estimate of drug-likeness (QED) is 0.420. The van der Waals surface area contributed by atoms with E-state index in [9.17, 15) is 0 Å². The lowest BCUT2D eigenvalue weighted by Crippen LogP contribution is -2.25. The van der Waals surface area contributed by atoms with Crippen molar-refractivity contribution in [3.8, 4) is 0 Å². The lowest BCUT2D eigenvalue weighted by atomic mass is 10.5. The highest BCUT2D eigenvalue weighted by molar-refractivity contribution is 6.29. The maximum atomic E-state index is 6.56. The van der Waals surface area contributed by atoms with Crippen molar-refractivity contribution in [2.45, 2.75) is 6.17 Å². The highest BCUT2D eigenvalue weighted by Crippen LogP contribution is 2.04. The van der Waals surface area contributed by atoms with Crippen LogP contribution < -0.4 is 5.32 Å². The monoisotopic (exact) mass is 144 g/mol. The van der Waals surface area contributed by atoms with Gasteiger partial charge in [-0.1, -0.05) is 11.6 Å². The summed E-state index contributed by atoms with van der Waals surface area (Å²) < 4.78 is 0. The van der Waals surface area contributed by atoms with Crippen LogP contribution in [0.1, 0.15) is 0 Å². The summed E-state index contributed by atoms with van der Waals surface area (Å²) in [6, 6.07) is 0. The van der Waals surface area contributed by atoms with Gasteiger partial charge in [0.15, 0.2) is 6.17 Å². The van der Waals surface area contributed by atoms with E-state index < -0.39 is 0 Å². The van der Waals surface area contributed by atoms with Gasteiger partial charge in [-0.25, -0.2) is 10.5 Å². The SMILES string of the molecule is N=NC1C=NC(Cl)=CN1. The summed E-state index contributed by atoms with van der Waals surface area (Å²) in [7, 11) is 0. The predicted octanol–water partition coefficient (Wildman–Crippen LogP) is 1.06. The summed E-state index contributed by atoms with van der Waals surface area (Å²) in [4.78, 5) is 3.71. The molecule has 1 atom stereocenters. The standard InChI is InChI=1S/C4H5ClN4/c5-3-1-8-4(9-6)2-7-3/h1-2,4,6,8H. The molecule has 0 amide bonds. The molecule has 0 fully saturated rings. The van der Waals surface area contributed by atoms with Crippen LogP contribution in [0.15, 0.2) is 21.5 Å². The summed E-state index contributed by atoms with van der Waals surface area (Å²) in [5.41, 5.74) is 6.56. The minimum atomic E-state index is -0.340. The van der Waals surface area contributed by atoms with Crippen LogP contribution in [0.25, 0.3) is 0 Å². The summed E-state index contributed by atoms with van der Waals surface area (Å²) in [6.45, 7) is 0. The predicted molar refractivity (Wildman–Crippen MR) is 34.5 cm³/mol. The number of aliphatic imine (C=N–C) groups is 1. The Labute approximate surface area is 57.1 Å². The summed E-state index contributed by atoms with van der Waals surface area (Å²) in [6.07, 6.45) is 2.63. The van der Waals surface area contributed by atoms with Gasteiger partial charge in [0.05, 0.1) is 6.21 Å². The van der Waals surface area contributed by atoms with Crippen LogP contribution in [0.3, 0.4) is 0 Å². The van der Waals surface area contributed by atoms with Gasteiger partial charge in [0, 0.05) is 6.20 Å². The van der Waals surface area contributed by atoms with Gasteiger partial charge >= 0.3 is 0 Å². The van der Waals surface area contributed by atoms with E-state index in [1.54, 1.807) is 0 Å². The van der Waals surface area contributed by atoms with Crippen molar-refractivity contribution in [1.29, 1.82) is 5.53 Å². The number of nitrogens with one attached hydrogen (secondary N) is 2. The smallest absolute Gasteiger partial charge is 0.175 e. The molecule has 1 heterocycles. The zero-order chi connectivity index (χ0) is 6.69. The molecule has 1 rings (SSSR count). The van der Waals surface area contributed by atoms with Gasteiger partial charge in [-0.15, -0.1) is 0 Å². The van der Waals surface area contributed by atoms with Crippen LogP contribution in [-0.4, -0.2) is 12.4 Å². The molecular formula is C4H5ClN4. The van der Waals surface area contributed by atoms with Crippen LogP contribution in [0.2, 0.25) is 0 Å². The third-order valence-electron chi connectivity index (χ3n) is 0.851. The van der Waals surface area contributed by atoms with Gasteiger partial charge < -0.3 is 5.32 Å². The van der Waals surface area contributed by atoms with Crippen molar-refractivity contribution >= 4 is 17.8 Å². The first-order chi connectivity index (χ1) is 4.33. The van der Waals surface area contributed by atoms with Crippen molar-refractivity contribution in [2.24, 2.45) is 10.1 Å². The Hall–Kier alpha value is -0.900. The molecule has 9 heavy (non-hydrogen) atoms. The van der Waals surface area contributed by atoms with Gasteiger partial charge in [-0.05, 0) is 0 Å². The van der Waals surface area contributed by atoms with Gasteiger partial charge in [-0.3, -0.25) is 0 Å². The number of nitrogens with zero attached hydrogens (tertiary/aromatic N) is 2. The third-order valence-corrected chi connectivity index (χ3v) is 1.06. The Balaban J connectivity index is 2.58. The highest BCUT2D eigenvalue weighted by Gasteiger charge is 2.03. The van der Waals surface area contributed by atoms with E-state index in [0.29, 0.717) is 5.16 Å². The topological polar surface area (TPSA) is 60.6 Å². The molecule has 4 nitrogen and oxygen atoms in total. The first-order valence-electron chi connectivity index (χ1n) is 2.35. The molecular weight excluding hydrogens is 140 g/mol.